The molecule has 3 rings (SSSR count). The number of aliphatic carboxylic acids is 1. The van der Waals surface area contributed by atoms with Gasteiger partial charge in [-0.15, -0.1) is 0 Å². The van der Waals surface area contributed by atoms with E-state index in [2.05, 4.69) is 5.32 Å². The van der Waals surface area contributed by atoms with Gasteiger partial charge in [-0.3, -0.25) is 9.59 Å². The van der Waals surface area contributed by atoms with Crippen molar-refractivity contribution in [3.05, 3.63) is 59.7 Å². The Bertz CT molecular complexity index is 841. The summed E-state index contributed by atoms with van der Waals surface area (Å²) in [5, 5.41) is 11.7. The maximum Gasteiger partial charge on any atom is 0.303 e. The minimum atomic E-state index is -0.831. The second-order valence-electron chi connectivity index (χ2n) is 7.33. The molecule has 0 aromatic heterocycles. The van der Waals surface area contributed by atoms with Gasteiger partial charge in [-0.2, -0.15) is 0 Å². The number of amides is 1. The Balaban J connectivity index is 1.69. The summed E-state index contributed by atoms with van der Waals surface area (Å²) in [5.41, 5.74) is 2.26. The maximum absolute atomic E-state index is 13.3. The molecule has 1 saturated heterocycles. The van der Waals surface area contributed by atoms with Gasteiger partial charge in [0, 0.05) is 25.3 Å². The fraction of sp³-hybridized carbons (Fsp3) is 0.391. The highest BCUT2D eigenvalue weighted by Crippen LogP contribution is 2.38. The summed E-state index contributed by atoms with van der Waals surface area (Å²) in [7, 11) is 0. The molecule has 0 unspecified atom stereocenters. The standard InChI is InChI=1S/C23H27NO5/c1-17-5-2-3-6-20(17)23(12-15-28-16-13-23)22(27)24-18-8-10-19(11-9-18)29-14-4-7-21(25)26/h2-3,5-6,8-11H,4,7,12-16H2,1H3,(H,24,27)(H,25,26). The molecule has 1 fully saturated rings. The van der Waals surface area contributed by atoms with Gasteiger partial charge in [0.25, 0.3) is 0 Å². The van der Waals surface area contributed by atoms with Gasteiger partial charge in [-0.05, 0) is 61.6 Å². The van der Waals surface area contributed by atoms with Gasteiger partial charge >= 0.3 is 5.97 Å². The van der Waals surface area contributed by atoms with Gasteiger partial charge in [0.2, 0.25) is 5.91 Å². The fourth-order valence-corrected chi connectivity index (χ4v) is 3.75. The highest BCUT2D eigenvalue weighted by molar-refractivity contribution is 5.99. The number of nitrogens with one attached hydrogen (secondary N) is 1. The number of carbonyl (C=O) groups is 2. The lowest BCUT2D eigenvalue weighted by molar-refractivity contribution is -0.137. The van der Waals surface area contributed by atoms with Gasteiger partial charge in [0.1, 0.15) is 5.75 Å². The van der Waals surface area contributed by atoms with Gasteiger partial charge in [0.15, 0.2) is 0 Å². The van der Waals surface area contributed by atoms with Crippen molar-refractivity contribution < 1.29 is 24.2 Å². The third kappa shape index (κ3) is 5.15. The second-order valence-corrected chi connectivity index (χ2v) is 7.33. The number of carboxylic acid groups (broad SMARTS) is 1. The van der Waals surface area contributed by atoms with Crippen molar-refractivity contribution in [1.29, 1.82) is 0 Å². The number of hydrogen-bond acceptors (Lipinski definition) is 4. The molecule has 0 spiro atoms. The Labute approximate surface area is 170 Å². The van der Waals surface area contributed by atoms with Crippen molar-refractivity contribution in [3.63, 3.8) is 0 Å². The summed E-state index contributed by atoms with van der Waals surface area (Å²) < 4.78 is 11.1. The predicted octanol–water partition coefficient (Wildman–Crippen LogP) is 3.93. The molecule has 29 heavy (non-hydrogen) atoms. The molecule has 6 nitrogen and oxygen atoms in total. The van der Waals surface area contributed by atoms with E-state index in [0.29, 0.717) is 50.5 Å². The Morgan fingerprint density at radius 2 is 1.79 bits per heavy atom. The highest BCUT2D eigenvalue weighted by atomic mass is 16.5. The van der Waals surface area contributed by atoms with Crippen LogP contribution in [0.2, 0.25) is 0 Å². The molecule has 2 aromatic rings. The minimum absolute atomic E-state index is 0.0229. The van der Waals surface area contributed by atoms with Crippen LogP contribution in [0, 0.1) is 6.92 Å². The van der Waals surface area contributed by atoms with Crippen LogP contribution in [-0.2, 0) is 19.7 Å². The van der Waals surface area contributed by atoms with E-state index < -0.39 is 11.4 Å². The first-order valence-electron chi connectivity index (χ1n) is 9.91. The van der Waals surface area contributed by atoms with Gasteiger partial charge in [0.05, 0.1) is 12.0 Å². The van der Waals surface area contributed by atoms with E-state index in [1.807, 2.05) is 31.2 Å². The summed E-state index contributed by atoms with van der Waals surface area (Å²) in [4.78, 5) is 23.9. The fourth-order valence-electron chi connectivity index (χ4n) is 3.75. The van der Waals surface area contributed by atoms with E-state index >= 15 is 0 Å². The first-order chi connectivity index (χ1) is 14.0. The van der Waals surface area contributed by atoms with Gasteiger partial charge in [-0.1, -0.05) is 24.3 Å². The predicted molar refractivity (Wildman–Crippen MR) is 110 cm³/mol. The lowest BCUT2D eigenvalue weighted by atomic mass is 9.71. The first kappa shape index (κ1) is 20.9. The molecule has 1 aliphatic heterocycles. The number of benzene rings is 2. The molecule has 0 radical (unpaired) electrons. The smallest absolute Gasteiger partial charge is 0.303 e. The van der Waals surface area contributed by atoms with Crippen molar-refractivity contribution in [2.45, 2.75) is 38.0 Å². The Morgan fingerprint density at radius 1 is 1.10 bits per heavy atom. The number of carboxylic acids is 1. The summed E-state index contributed by atoms with van der Waals surface area (Å²) in [6.07, 6.45) is 1.83. The van der Waals surface area contributed by atoms with Crippen LogP contribution in [-0.4, -0.2) is 36.8 Å². The van der Waals surface area contributed by atoms with E-state index in [1.165, 1.54) is 0 Å². The summed E-state index contributed by atoms with van der Waals surface area (Å²) in [5.74, 6) is -0.208. The molecule has 1 heterocycles. The van der Waals surface area contributed by atoms with Crippen LogP contribution in [0.3, 0.4) is 0 Å². The zero-order valence-electron chi connectivity index (χ0n) is 16.6. The van der Waals surface area contributed by atoms with E-state index in [-0.39, 0.29) is 12.3 Å². The van der Waals surface area contributed by atoms with Gasteiger partial charge < -0.3 is 19.9 Å². The van der Waals surface area contributed by atoms with Crippen LogP contribution in [0.25, 0.3) is 0 Å². The third-order valence-corrected chi connectivity index (χ3v) is 5.36. The lowest BCUT2D eigenvalue weighted by Crippen LogP contribution is -2.45. The normalized spacial score (nSPS) is 15.5. The Hall–Kier alpha value is -2.86. The number of carbonyl (C=O) groups excluding carboxylic acids is 1. The van der Waals surface area contributed by atoms with Crippen molar-refractivity contribution in [1.82, 2.24) is 0 Å². The SMILES string of the molecule is Cc1ccccc1C1(C(=O)Nc2ccc(OCCCC(=O)O)cc2)CCOCC1. The maximum atomic E-state index is 13.3. The molecule has 0 bridgehead atoms. The second kappa shape index (κ2) is 9.56. The molecule has 6 heteroatoms. The molecule has 154 valence electrons. The van der Waals surface area contributed by atoms with Crippen molar-refractivity contribution in [2.75, 3.05) is 25.1 Å². The Kier molecular flexibility index (Phi) is 6.88. The zero-order valence-corrected chi connectivity index (χ0v) is 16.6. The molecular weight excluding hydrogens is 370 g/mol. The molecule has 0 atom stereocenters. The zero-order chi connectivity index (χ0) is 20.7. The van der Waals surface area contributed by atoms with E-state index in [0.717, 1.165) is 11.1 Å². The number of hydrogen-bond donors (Lipinski definition) is 2. The van der Waals surface area contributed by atoms with E-state index in [4.69, 9.17) is 14.6 Å². The molecule has 0 saturated carbocycles. The van der Waals surface area contributed by atoms with Crippen LogP contribution in [0.1, 0.15) is 36.8 Å². The summed E-state index contributed by atoms with van der Waals surface area (Å²) in [6.45, 7) is 3.50. The average Bonchev–Trinajstić information content (AvgIpc) is 2.73. The molecule has 1 aliphatic rings. The highest BCUT2D eigenvalue weighted by Gasteiger charge is 2.42. The quantitative estimate of drug-likeness (QED) is 0.660. The Morgan fingerprint density at radius 3 is 2.45 bits per heavy atom. The molecule has 1 amide bonds. The van der Waals surface area contributed by atoms with Crippen LogP contribution < -0.4 is 10.1 Å². The average molecular weight is 397 g/mol. The van der Waals surface area contributed by atoms with Crippen LogP contribution in [0.15, 0.2) is 48.5 Å². The van der Waals surface area contributed by atoms with Crippen molar-refractivity contribution in [3.8, 4) is 5.75 Å². The van der Waals surface area contributed by atoms with Crippen LogP contribution in [0.4, 0.5) is 5.69 Å². The number of anilines is 1. The first-order valence-corrected chi connectivity index (χ1v) is 9.91. The summed E-state index contributed by atoms with van der Waals surface area (Å²) in [6, 6.07) is 15.2. The van der Waals surface area contributed by atoms with Crippen molar-refractivity contribution in [2.24, 2.45) is 0 Å². The molecule has 0 aliphatic carbocycles. The number of ether oxygens (including phenoxy) is 2. The van der Waals surface area contributed by atoms with Crippen LogP contribution in [0.5, 0.6) is 5.75 Å². The number of rotatable bonds is 8. The van der Waals surface area contributed by atoms with Gasteiger partial charge in [-0.25, -0.2) is 0 Å². The van der Waals surface area contributed by atoms with E-state index in [1.54, 1.807) is 24.3 Å². The largest absolute Gasteiger partial charge is 0.494 e. The molecular formula is C23H27NO5. The van der Waals surface area contributed by atoms with E-state index in [9.17, 15) is 9.59 Å². The topological polar surface area (TPSA) is 84.9 Å². The van der Waals surface area contributed by atoms with Crippen molar-refractivity contribution >= 4 is 17.6 Å². The molecule has 2 aromatic carbocycles. The number of aryl methyl sites for hydroxylation is 1. The third-order valence-electron chi connectivity index (χ3n) is 5.36. The monoisotopic (exact) mass is 397 g/mol. The summed E-state index contributed by atoms with van der Waals surface area (Å²) >= 11 is 0. The molecule has 2 N–H and O–H groups in total. The van der Waals surface area contributed by atoms with Crippen LogP contribution >= 0.6 is 0 Å². The minimum Gasteiger partial charge on any atom is -0.494 e. The lowest BCUT2D eigenvalue weighted by Gasteiger charge is -2.37.